The number of nitrogen functional groups attached to an aromatic ring is 1. The van der Waals surface area contributed by atoms with Crippen molar-refractivity contribution in [3.8, 4) is 16.9 Å². The van der Waals surface area contributed by atoms with E-state index in [1.807, 2.05) is 31.2 Å². The van der Waals surface area contributed by atoms with Gasteiger partial charge in [0.1, 0.15) is 11.3 Å². The van der Waals surface area contributed by atoms with E-state index < -0.39 is 0 Å². The van der Waals surface area contributed by atoms with E-state index in [4.69, 9.17) is 5.73 Å². The Hall–Kier alpha value is -2.69. The molecule has 0 spiro atoms. The van der Waals surface area contributed by atoms with Crippen molar-refractivity contribution in [2.75, 3.05) is 5.73 Å². The zero-order valence-electron chi connectivity index (χ0n) is 10.3. The SMILES string of the molecule is Cc1ccccc1-c1cc2c(cc1O)nc(N)n2O. The minimum atomic E-state index is -0.00339. The van der Waals surface area contributed by atoms with Crippen LogP contribution in [0.15, 0.2) is 36.4 Å². The van der Waals surface area contributed by atoms with E-state index in [-0.39, 0.29) is 11.7 Å². The van der Waals surface area contributed by atoms with E-state index in [1.54, 1.807) is 6.07 Å². The summed E-state index contributed by atoms with van der Waals surface area (Å²) < 4.78 is 0.816. The number of hydrogen-bond acceptors (Lipinski definition) is 4. The second kappa shape index (κ2) is 3.91. The Kier molecular flexibility index (Phi) is 2.35. The summed E-state index contributed by atoms with van der Waals surface area (Å²) in [5.41, 5.74) is 9.04. The Morgan fingerprint density at radius 3 is 2.63 bits per heavy atom. The molecule has 0 aliphatic rings. The lowest BCUT2D eigenvalue weighted by atomic mass is 9.99. The van der Waals surface area contributed by atoms with Crippen LogP contribution in [0, 0.1) is 6.92 Å². The number of anilines is 1. The molecule has 0 aliphatic carbocycles. The summed E-state index contributed by atoms with van der Waals surface area (Å²) in [4.78, 5) is 3.96. The zero-order chi connectivity index (χ0) is 13.6. The highest BCUT2D eigenvalue weighted by Crippen LogP contribution is 2.35. The first-order valence-corrected chi connectivity index (χ1v) is 5.84. The fourth-order valence-corrected chi connectivity index (χ4v) is 2.21. The molecule has 0 fully saturated rings. The summed E-state index contributed by atoms with van der Waals surface area (Å²) in [6, 6.07) is 10.9. The van der Waals surface area contributed by atoms with Crippen LogP contribution in [0.1, 0.15) is 5.56 Å². The summed E-state index contributed by atoms with van der Waals surface area (Å²) in [6.45, 7) is 1.96. The standard InChI is InChI=1S/C14H13N3O2/c1-8-4-2-3-5-9(8)10-6-12-11(7-13(10)18)16-14(15)17(12)19/h2-7,18-19H,1H3,(H2,15,16). The summed E-state index contributed by atoms with van der Waals surface area (Å²) in [5.74, 6) is 0.108. The molecule has 0 amide bonds. The van der Waals surface area contributed by atoms with Crippen LogP contribution in [-0.2, 0) is 0 Å². The van der Waals surface area contributed by atoms with Crippen LogP contribution in [0.4, 0.5) is 5.95 Å². The molecule has 0 saturated heterocycles. The van der Waals surface area contributed by atoms with Gasteiger partial charge in [-0.05, 0) is 24.1 Å². The Labute approximate surface area is 109 Å². The predicted octanol–water partition coefficient (Wildman–Crippen LogP) is 2.54. The molecule has 1 aromatic heterocycles. The van der Waals surface area contributed by atoms with Crippen molar-refractivity contribution < 1.29 is 10.3 Å². The third kappa shape index (κ3) is 1.67. The maximum absolute atomic E-state index is 10.1. The smallest absolute Gasteiger partial charge is 0.235 e. The van der Waals surface area contributed by atoms with Gasteiger partial charge in [-0.2, -0.15) is 0 Å². The van der Waals surface area contributed by atoms with Gasteiger partial charge in [-0.1, -0.05) is 24.3 Å². The molecule has 0 radical (unpaired) electrons. The van der Waals surface area contributed by atoms with Gasteiger partial charge in [-0.25, -0.2) is 4.98 Å². The molecule has 3 rings (SSSR count). The van der Waals surface area contributed by atoms with Gasteiger partial charge in [0.05, 0.1) is 5.52 Å². The van der Waals surface area contributed by atoms with Gasteiger partial charge in [0.25, 0.3) is 0 Å². The molecular weight excluding hydrogens is 242 g/mol. The number of nitrogens with two attached hydrogens (primary N) is 1. The third-order valence-electron chi connectivity index (χ3n) is 3.21. The van der Waals surface area contributed by atoms with Crippen LogP contribution < -0.4 is 5.73 Å². The number of imidazole rings is 1. The van der Waals surface area contributed by atoms with E-state index >= 15 is 0 Å². The highest BCUT2D eigenvalue weighted by atomic mass is 16.5. The number of benzene rings is 2. The molecule has 0 atom stereocenters. The van der Waals surface area contributed by atoms with Gasteiger partial charge in [-0.3, -0.25) is 0 Å². The van der Waals surface area contributed by atoms with Crippen LogP contribution in [-0.4, -0.2) is 20.0 Å². The summed E-state index contributed by atoms with van der Waals surface area (Å²) >= 11 is 0. The van der Waals surface area contributed by atoms with Gasteiger partial charge >= 0.3 is 0 Å². The van der Waals surface area contributed by atoms with Crippen molar-refractivity contribution in [2.45, 2.75) is 6.92 Å². The normalized spacial score (nSPS) is 11.0. The van der Waals surface area contributed by atoms with Gasteiger partial charge in [0.15, 0.2) is 0 Å². The minimum absolute atomic E-state index is 0.00339. The third-order valence-corrected chi connectivity index (χ3v) is 3.21. The Morgan fingerprint density at radius 1 is 1.16 bits per heavy atom. The van der Waals surface area contributed by atoms with Gasteiger partial charge in [0.2, 0.25) is 5.95 Å². The number of fused-ring (bicyclic) bond motifs is 1. The monoisotopic (exact) mass is 255 g/mol. The first-order chi connectivity index (χ1) is 9.08. The summed E-state index contributed by atoms with van der Waals surface area (Å²) in [7, 11) is 0. The summed E-state index contributed by atoms with van der Waals surface area (Å²) in [5, 5.41) is 19.9. The summed E-state index contributed by atoms with van der Waals surface area (Å²) in [6.07, 6.45) is 0. The first kappa shape index (κ1) is 11.4. The van der Waals surface area contributed by atoms with Crippen molar-refractivity contribution in [1.29, 1.82) is 0 Å². The molecule has 0 unspecified atom stereocenters. The van der Waals surface area contributed by atoms with Gasteiger partial charge < -0.3 is 16.0 Å². The molecule has 5 nitrogen and oxygen atoms in total. The van der Waals surface area contributed by atoms with Crippen LogP contribution in [0.25, 0.3) is 22.2 Å². The second-order valence-electron chi connectivity index (χ2n) is 4.45. The van der Waals surface area contributed by atoms with Crippen molar-refractivity contribution in [1.82, 2.24) is 9.71 Å². The lowest BCUT2D eigenvalue weighted by Crippen LogP contribution is -1.97. The average Bonchev–Trinajstić information content (AvgIpc) is 2.65. The molecule has 3 aromatic rings. The predicted molar refractivity (Wildman–Crippen MR) is 73.2 cm³/mol. The molecule has 4 N–H and O–H groups in total. The molecule has 2 aromatic carbocycles. The molecule has 0 saturated carbocycles. The molecule has 96 valence electrons. The molecule has 1 heterocycles. The van der Waals surface area contributed by atoms with Crippen molar-refractivity contribution in [3.63, 3.8) is 0 Å². The minimum Gasteiger partial charge on any atom is -0.507 e. The average molecular weight is 255 g/mol. The molecule has 0 bridgehead atoms. The topological polar surface area (TPSA) is 84.3 Å². The van der Waals surface area contributed by atoms with Crippen LogP contribution >= 0.6 is 0 Å². The van der Waals surface area contributed by atoms with Gasteiger partial charge in [0, 0.05) is 11.6 Å². The Bertz CT molecular complexity index is 778. The maximum atomic E-state index is 10.1. The Morgan fingerprint density at radius 2 is 1.89 bits per heavy atom. The number of hydrogen-bond donors (Lipinski definition) is 3. The van der Waals surface area contributed by atoms with Crippen LogP contribution in [0.5, 0.6) is 5.75 Å². The largest absolute Gasteiger partial charge is 0.507 e. The van der Waals surface area contributed by atoms with E-state index in [0.29, 0.717) is 16.6 Å². The van der Waals surface area contributed by atoms with Crippen LogP contribution in [0.2, 0.25) is 0 Å². The second-order valence-corrected chi connectivity index (χ2v) is 4.45. The van der Waals surface area contributed by atoms with Crippen molar-refractivity contribution >= 4 is 17.0 Å². The lowest BCUT2D eigenvalue weighted by molar-refractivity contribution is 0.204. The fourth-order valence-electron chi connectivity index (χ4n) is 2.21. The lowest BCUT2D eigenvalue weighted by Gasteiger charge is -2.08. The Balaban J connectivity index is 2.33. The van der Waals surface area contributed by atoms with E-state index in [2.05, 4.69) is 4.98 Å². The number of aryl methyl sites for hydroxylation is 1. The number of phenolic OH excluding ortho intramolecular Hbond substituents is 1. The van der Waals surface area contributed by atoms with Crippen molar-refractivity contribution in [3.05, 3.63) is 42.0 Å². The number of aromatic hydroxyl groups is 1. The maximum Gasteiger partial charge on any atom is 0.235 e. The number of phenols is 1. The number of aromatic nitrogens is 2. The fraction of sp³-hybridized carbons (Fsp3) is 0.0714. The van der Waals surface area contributed by atoms with Crippen LogP contribution in [0.3, 0.4) is 0 Å². The van der Waals surface area contributed by atoms with Gasteiger partial charge in [-0.15, -0.1) is 4.73 Å². The zero-order valence-corrected chi connectivity index (χ0v) is 10.3. The highest BCUT2D eigenvalue weighted by Gasteiger charge is 2.13. The molecular formula is C14H13N3O2. The molecule has 19 heavy (non-hydrogen) atoms. The molecule has 5 heteroatoms. The van der Waals surface area contributed by atoms with E-state index in [1.165, 1.54) is 6.07 Å². The highest BCUT2D eigenvalue weighted by molar-refractivity contribution is 5.88. The molecule has 0 aliphatic heterocycles. The van der Waals surface area contributed by atoms with Crippen molar-refractivity contribution in [2.24, 2.45) is 0 Å². The number of rotatable bonds is 1. The van der Waals surface area contributed by atoms with E-state index in [0.717, 1.165) is 15.9 Å². The quantitative estimate of drug-likeness (QED) is 0.583. The first-order valence-electron chi connectivity index (χ1n) is 5.84. The number of nitrogens with zero attached hydrogens (tertiary/aromatic N) is 2. The van der Waals surface area contributed by atoms with E-state index in [9.17, 15) is 10.3 Å².